The number of sulfonamides is 1. The number of likely N-dealkylation sites (N-methyl/N-ethyl adjacent to an activating group) is 1. The van der Waals surface area contributed by atoms with Gasteiger partial charge in [-0.15, -0.1) is 0 Å². The van der Waals surface area contributed by atoms with Gasteiger partial charge in [-0.3, -0.25) is 19.1 Å². The van der Waals surface area contributed by atoms with E-state index >= 15 is 0 Å². The summed E-state index contributed by atoms with van der Waals surface area (Å²) in [5, 5.41) is 3.48. The van der Waals surface area contributed by atoms with E-state index < -0.39 is 15.8 Å². The largest absolute Gasteiger partial charge is 0.357 e. The van der Waals surface area contributed by atoms with Gasteiger partial charge in [0.05, 0.1) is 35.1 Å². The molecule has 3 heterocycles. The van der Waals surface area contributed by atoms with Crippen LogP contribution in [-0.2, 0) is 16.6 Å². The van der Waals surface area contributed by atoms with Crippen LogP contribution >= 0.6 is 11.6 Å². The number of hydrogen-bond acceptors (Lipinski definition) is 6. The van der Waals surface area contributed by atoms with Gasteiger partial charge in [0.1, 0.15) is 11.6 Å². The Labute approximate surface area is 183 Å². The minimum Gasteiger partial charge on any atom is -0.357 e. The molecule has 0 radical (unpaired) electrons. The van der Waals surface area contributed by atoms with Crippen molar-refractivity contribution in [2.45, 2.75) is 6.54 Å². The first-order valence-electron chi connectivity index (χ1n) is 9.27. The lowest BCUT2D eigenvalue weighted by atomic mass is 10.1. The summed E-state index contributed by atoms with van der Waals surface area (Å²) in [5.74, 6) is 0.0426. The summed E-state index contributed by atoms with van der Waals surface area (Å²) in [6, 6.07) is 7.19. The van der Waals surface area contributed by atoms with Crippen LogP contribution in [0.3, 0.4) is 0 Å². The molecule has 0 atom stereocenters. The summed E-state index contributed by atoms with van der Waals surface area (Å²) in [6.07, 6.45) is 3.92. The van der Waals surface area contributed by atoms with Crippen LogP contribution in [0.15, 0.2) is 47.5 Å². The fraction of sp³-hybridized carbons (Fsp3) is 0.200. The SMILES string of the molecule is CN1CCn2c1c(Nc1ccncc1NS(C)(=O)=O)cc(-c1cc(Cl)ccc1F)c2=O. The Morgan fingerprint density at radius 3 is 2.61 bits per heavy atom. The normalized spacial score (nSPS) is 13.2. The molecule has 1 aromatic carbocycles. The van der Waals surface area contributed by atoms with Crippen LogP contribution < -0.4 is 20.5 Å². The van der Waals surface area contributed by atoms with Crippen molar-refractivity contribution in [2.24, 2.45) is 0 Å². The first-order valence-corrected chi connectivity index (χ1v) is 11.5. The van der Waals surface area contributed by atoms with Crippen molar-refractivity contribution in [1.29, 1.82) is 0 Å². The highest BCUT2D eigenvalue weighted by Crippen LogP contribution is 2.36. The Bertz CT molecular complexity index is 1340. The molecule has 1 aliphatic rings. The predicted octanol–water partition coefficient (Wildman–Crippen LogP) is 3.27. The zero-order valence-corrected chi connectivity index (χ0v) is 18.3. The average molecular weight is 464 g/mol. The van der Waals surface area contributed by atoms with Crippen molar-refractivity contribution in [3.63, 3.8) is 0 Å². The van der Waals surface area contributed by atoms with Gasteiger partial charge in [0.25, 0.3) is 5.56 Å². The molecule has 1 aliphatic heterocycles. The number of fused-ring (bicyclic) bond motifs is 1. The Kier molecular flexibility index (Phi) is 5.36. The van der Waals surface area contributed by atoms with Gasteiger partial charge in [-0.2, -0.15) is 0 Å². The van der Waals surface area contributed by atoms with Crippen molar-refractivity contribution in [1.82, 2.24) is 9.55 Å². The molecule has 0 saturated carbocycles. The third kappa shape index (κ3) is 4.21. The molecule has 162 valence electrons. The molecule has 31 heavy (non-hydrogen) atoms. The Morgan fingerprint density at radius 2 is 1.87 bits per heavy atom. The number of halogens is 2. The molecule has 11 heteroatoms. The summed E-state index contributed by atoms with van der Waals surface area (Å²) in [4.78, 5) is 19.0. The molecule has 0 amide bonds. The van der Waals surface area contributed by atoms with Crippen molar-refractivity contribution in [3.8, 4) is 11.1 Å². The second kappa shape index (κ2) is 7.86. The predicted molar refractivity (Wildman–Crippen MR) is 120 cm³/mol. The van der Waals surface area contributed by atoms with Gasteiger partial charge >= 0.3 is 0 Å². The molecule has 0 unspecified atom stereocenters. The number of aromatic nitrogens is 2. The molecule has 0 fully saturated rings. The topological polar surface area (TPSA) is 96.3 Å². The molecule has 0 aliphatic carbocycles. The van der Waals surface area contributed by atoms with E-state index in [-0.39, 0.29) is 22.4 Å². The molecule has 2 aromatic heterocycles. The molecule has 0 bridgehead atoms. The fourth-order valence-corrected chi connectivity index (χ4v) is 4.29. The van der Waals surface area contributed by atoms with Gasteiger partial charge in [-0.25, -0.2) is 12.8 Å². The van der Waals surface area contributed by atoms with E-state index in [9.17, 15) is 17.6 Å². The highest BCUT2D eigenvalue weighted by atomic mass is 35.5. The third-order valence-corrected chi connectivity index (χ3v) is 5.71. The van der Waals surface area contributed by atoms with E-state index in [1.54, 1.807) is 16.7 Å². The lowest BCUT2D eigenvalue weighted by molar-refractivity contribution is 0.607. The standard InChI is InChI=1S/C20H19ClFN5O3S/c1-26-7-8-27-19(26)17(24-16-5-6-23-11-18(16)25-31(2,29)30)10-14(20(27)28)13-9-12(21)3-4-15(13)22/h3-6,9-11,25H,7-8H2,1-2H3,(H,23,24). The Morgan fingerprint density at radius 1 is 1.10 bits per heavy atom. The second-order valence-corrected chi connectivity index (χ2v) is 9.40. The zero-order chi connectivity index (χ0) is 22.3. The maximum Gasteiger partial charge on any atom is 0.260 e. The van der Waals surface area contributed by atoms with E-state index in [0.717, 1.165) is 6.26 Å². The summed E-state index contributed by atoms with van der Waals surface area (Å²) < 4.78 is 42.0. The Balaban J connectivity index is 1.89. The molecular formula is C20H19ClFN5O3S. The molecular weight excluding hydrogens is 445 g/mol. The van der Waals surface area contributed by atoms with Crippen LogP contribution in [0.2, 0.25) is 5.02 Å². The van der Waals surface area contributed by atoms with Crippen molar-refractivity contribution in [3.05, 3.63) is 63.9 Å². The molecule has 8 nitrogen and oxygen atoms in total. The first kappa shape index (κ1) is 21.1. The van der Waals surface area contributed by atoms with Crippen molar-refractivity contribution in [2.75, 3.05) is 34.8 Å². The number of rotatable bonds is 5. The summed E-state index contributed by atoms with van der Waals surface area (Å²) in [6.45, 7) is 1.02. The van der Waals surface area contributed by atoms with Crippen LogP contribution in [-0.4, -0.2) is 37.8 Å². The van der Waals surface area contributed by atoms with Crippen molar-refractivity contribution >= 4 is 44.5 Å². The third-order valence-electron chi connectivity index (χ3n) is 4.89. The van der Waals surface area contributed by atoms with Gasteiger partial charge in [0.2, 0.25) is 10.0 Å². The number of nitrogens with zero attached hydrogens (tertiary/aromatic N) is 3. The molecule has 0 saturated heterocycles. The molecule has 0 spiro atoms. The monoisotopic (exact) mass is 463 g/mol. The van der Waals surface area contributed by atoms with Gasteiger partial charge in [0.15, 0.2) is 0 Å². The minimum atomic E-state index is -3.54. The maximum absolute atomic E-state index is 14.5. The van der Waals surface area contributed by atoms with Gasteiger partial charge in [-0.1, -0.05) is 11.6 Å². The highest BCUT2D eigenvalue weighted by molar-refractivity contribution is 7.92. The summed E-state index contributed by atoms with van der Waals surface area (Å²) in [7, 11) is -1.70. The lowest BCUT2D eigenvalue weighted by Gasteiger charge is -2.20. The fourth-order valence-electron chi connectivity index (χ4n) is 3.55. The number of anilines is 4. The van der Waals surface area contributed by atoms with Crippen LogP contribution in [0, 0.1) is 5.82 Å². The van der Waals surface area contributed by atoms with Gasteiger partial charge in [-0.05, 0) is 30.3 Å². The smallest absolute Gasteiger partial charge is 0.260 e. The highest BCUT2D eigenvalue weighted by Gasteiger charge is 2.25. The average Bonchev–Trinajstić information content (AvgIpc) is 3.09. The number of pyridine rings is 2. The summed E-state index contributed by atoms with van der Waals surface area (Å²) >= 11 is 6.04. The second-order valence-electron chi connectivity index (χ2n) is 7.22. The van der Waals surface area contributed by atoms with Gasteiger partial charge in [0, 0.05) is 36.9 Å². The maximum atomic E-state index is 14.5. The van der Waals surface area contributed by atoms with Crippen LogP contribution in [0.1, 0.15) is 0 Å². The molecule has 3 aromatic rings. The number of nitrogens with one attached hydrogen (secondary N) is 2. The van der Waals surface area contributed by atoms with E-state index in [1.807, 2.05) is 11.9 Å². The summed E-state index contributed by atoms with van der Waals surface area (Å²) in [5.41, 5.74) is 1.08. The van der Waals surface area contributed by atoms with Gasteiger partial charge < -0.3 is 10.2 Å². The van der Waals surface area contributed by atoms with Crippen LogP contribution in [0.4, 0.5) is 27.3 Å². The zero-order valence-electron chi connectivity index (χ0n) is 16.7. The quantitative estimate of drug-likeness (QED) is 0.603. The van der Waals surface area contributed by atoms with E-state index in [1.165, 1.54) is 30.6 Å². The van der Waals surface area contributed by atoms with E-state index in [2.05, 4.69) is 15.0 Å². The Hall–Kier alpha value is -3.11. The van der Waals surface area contributed by atoms with E-state index in [0.29, 0.717) is 35.3 Å². The molecule has 4 rings (SSSR count). The minimum absolute atomic E-state index is 0.0922. The molecule has 2 N–H and O–H groups in total. The first-order chi connectivity index (χ1) is 14.6. The van der Waals surface area contributed by atoms with Crippen LogP contribution in [0.25, 0.3) is 11.1 Å². The number of hydrogen-bond donors (Lipinski definition) is 2. The number of benzene rings is 1. The van der Waals surface area contributed by atoms with Crippen LogP contribution in [0.5, 0.6) is 0 Å². The lowest BCUT2D eigenvalue weighted by Crippen LogP contribution is -2.22. The van der Waals surface area contributed by atoms with E-state index in [4.69, 9.17) is 11.6 Å². The van der Waals surface area contributed by atoms with Crippen molar-refractivity contribution < 1.29 is 12.8 Å².